The van der Waals surface area contributed by atoms with Crippen LogP contribution in [0.5, 0.6) is 0 Å². The fourth-order valence-corrected chi connectivity index (χ4v) is 4.36. The molecule has 0 saturated carbocycles. The third-order valence-corrected chi connectivity index (χ3v) is 5.38. The summed E-state index contributed by atoms with van der Waals surface area (Å²) in [6, 6.07) is 8.66. The zero-order valence-electron chi connectivity index (χ0n) is 13.0. The monoisotopic (exact) mass is 296 g/mol. The lowest BCUT2D eigenvalue weighted by Crippen LogP contribution is -2.49. The smallest absolute Gasteiger partial charge is 0.227 e. The fourth-order valence-electron chi connectivity index (χ4n) is 4.36. The lowest BCUT2D eigenvalue weighted by atomic mass is 9.83. The van der Waals surface area contributed by atoms with E-state index < -0.39 is 0 Å². The minimum absolute atomic E-state index is 0.0731. The summed E-state index contributed by atoms with van der Waals surface area (Å²) in [4.78, 5) is 28.9. The molecular formula is C18H20N2O2. The van der Waals surface area contributed by atoms with Gasteiger partial charge in [-0.05, 0) is 37.3 Å². The highest BCUT2D eigenvalue weighted by molar-refractivity contribution is 5.99. The number of hydrogen-bond acceptors (Lipinski definition) is 3. The Balaban J connectivity index is 1.78. The van der Waals surface area contributed by atoms with Crippen LogP contribution in [-0.4, -0.2) is 35.7 Å². The normalized spacial score (nSPS) is 29.6. The summed E-state index contributed by atoms with van der Waals surface area (Å²) in [7, 11) is 2.03. The maximum atomic E-state index is 12.8. The van der Waals surface area contributed by atoms with Gasteiger partial charge in [0.2, 0.25) is 5.91 Å². The van der Waals surface area contributed by atoms with Gasteiger partial charge < -0.3 is 9.80 Å². The van der Waals surface area contributed by atoms with E-state index in [-0.39, 0.29) is 29.7 Å². The van der Waals surface area contributed by atoms with Crippen molar-refractivity contribution in [3.05, 3.63) is 41.6 Å². The molecule has 0 spiro atoms. The molecule has 3 heterocycles. The van der Waals surface area contributed by atoms with Crippen molar-refractivity contribution in [1.29, 1.82) is 0 Å². The van der Waals surface area contributed by atoms with E-state index in [0.717, 1.165) is 24.1 Å². The summed E-state index contributed by atoms with van der Waals surface area (Å²) in [6.07, 6.45) is 4.22. The molecule has 3 aliphatic heterocycles. The Labute approximate surface area is 130 Å². The molecule has 3 atom stereocenters. The van der Waals surface area contributed by atoms with Crippen molar-refractivity contribution < 1.29 is 9.59 Å². The number of Topliss-reactive ketones (excluding diaryl/α,β-unsaturated/α-hetero) is 1. The van der Waals surface area contributed by atoms with Gasteiger partial charge in [0.25, 0.3) is 0 Å². The summed E-state index contributed by atoms with van der Waals surface area (Å²) in [5.41, 5.74) is 3.12. The number of nitrogens with zero attached hydrogens (tertiary/aromatic N) is 2. The van der Waals surface area contributed by atoms with Gasteiger partial charge in [-0.2, -0.15) is 0 Å². The van der Waals surface area contributed by atoms with Gasteiger partial charge in [0, 0.05) is 37.0 Å². The number of benzene rings is 1. The first-order valence-corrected chi connectivity index (χ1v) is 7.91. The molecule has 3 aliphatic rings. The van der Waals surface area contributed by atoms with Gasteiger partial charge in [-0.3, -0.25) is 9.59 Å². The molecule has 4 nitrogen and oxygen atoms in total. The molecule has 114 valence electrons. The Morgan fingerprint density at radius 3 is 2.73 bits per heavy atom. The van der Waals surface area contributed by atoms with Crippen LogP contribution in [0.4, 0.5) is 5.69 Å². The number of anilines is 1. The van der Waals surface area contributed by atoms with Crippen LogP contribution in [-0.2, 0) is 16.0 Å². The van der Waals surface area contributed by atoms with Crippen molar-refractivity contribution in [3.8, 4) is 0 Å². The van der Waals surface area contributed by atoms with Gasteiger partial charge in [-0.15, -0.1) is 0 Å². The van der Waals surface area contributed by atoms with Crippen LogP contribution in [0.25, 0.3) is 0 Å². The molecule has 1 aromatic rings. The summed E-state index contributed by atoms with van der Waals surface area (Å²) >= 11 is 0. The van der Waals surface area contributed by atoms with Gasteiger partial charge in [0.1, 0.15) is 0 Å². The summed E-state index contributed by atoms with van der Waals surface area (Å²) in [5, 5.41) is 0. The van der Waals surface area contributed by atoms with Crippen molar-refractivity contribution in [3.63, 3.8) is 0 Å². The van der Waals surface area contributed by atoms with Gasteiger partial charge in [-0.25, -0.2) is 0 Å². The lowest BCUT2D eigenvalue weighted by Gasteiger charge is -2.39. The number of carbonyl (C=O) groups is 2. The minimum atomic E-state index is 0.0731. The largest absolute Gasteiger partial charge is 0.375 e. The zero-order chi connectivity index (χ0) is 15.4. The van der Waals surface area contributed by atoms with Crippen molar-refractivity contribution in [2.24, 2.45) is 5.92 Å². The van der Waals surface area contributed by atoms with Gasteiger partial charge in [0.05, 0.1) is 6.04 Å². The van der Waals surface area contributed by atoms with E-state index >= 15 is 0 Å². The number of likely N-dealkylation sites (N-methyl/N-ethyl adjacent to an activating group) is 1. The molecule has 22 heavy (non-hydrogen) atoms. The van der Waals surface area contributed by atoms with Crippen molar-refractivity contribution in [2.75, 3.05) is 11.9 Å². The molecule has 1 saturated heterocycles. The SMILES string of the molecule is CC(=O)C1=CN(C)[C@@H]2C[C@H]1CC(=O)N1c3ccccc3CC21. The van der Waals surface area contributed by atoms with Crippen LogP contribution >= 0.6 is 0 Å². The maximum Gasteiger partial charge on any atom is 0.227 e. The molecule has 1 aromatic carbocycles. The quantitative estimate of drug-likeness (QED) is 0.797. The van der Waals surface area contributed by atoms with Crippen molar-refractivity contribution in [2.45, 2.75) is 38.3 Å². The highest BCUT2D eigenvalue weighted by Crippen LogP contribution is 2.42. The highest BCUT2D eigenvalue weighted by atomic mass is 16.2. The first kappa shape index (κ1) is 13.6. The van der Waals surface area contributed by atoms with Crippen LogP contribution in [0.15, 0.2) is 36.0 Å². The number of fused-ring (bicyclic) bond motifs is 6. The number of para-hydroxylation sites is 1. The zero-order valence-corrected chi connectivity index (χ0v) is 13.0. The van der Waals surface area contributed by atoms with Crippen LogP contribution in [0.1, 0.15) is 25.3 Å². The number of amides is 1. The molecule has 1 amide bonds. The van der Waals surface area contributed by atoms with E-state index in [1.165, 1.54) is 5.56 Å². The second-order valence-electron chi connectivity index (χ2n) is 6.67. The Bertz CT molecular complexity index is 694. The number of hydrogen-bond donors (Lipinski definition) is 0. The lowest BCUT2D eigenvalue weighted by molar-refractivity contribution is -0.119. The predicted octanol–water partition coefficient (Wildman–Crippen LogP) is 2.14. The molecule has 0 radical (unpaired) electrons. The van der Waals surface area contributed by atoms with E-state index in [1.54, 1.807) is 6.92 Å². The minimum Gasteiger partial charge on any atom is -0.375 e. The molecule has 4 rings (SSSR count). The number of ketones is 1. The van der Waals surface area contributed by atoms with E-state index in [0.29, 0.717) is 6.42 Å². The van der Waals surface area contributed by atoms with E-state index in [2.05, 4.69) is 11.0 Å². The Hall–Kier alpha value is -2.10. The summed E-state index contributed by atoms with van der Waals surface area (Å²) in [5.74, 6) is 0.319. The van der Waals surface area contributed by atoms with E-state index in [4.69, 9.17) is 0 Å². The average molecular weight is 296 g/mol. The first-order valence-electron chi connectivity index (χ1n) is 7.91. The first-order chi connectivity index (χ1) is 10.6. The molecule has 0 N–H and O–H groups in total. The second kappa shape index (κ2) is 4.70. The number of allylic oxidation sites excluding steroid dienone is 1. The number of rotatable bonds is 1. The topological polar surface area (TPSA) is 40.6 Å². The van der Waals surface area contributed by atoms with Crippen LogP contribution in [0.2, 0.25) is 0 Å². The summed E-state index contributed by atoms with van der Waals surface area (Å²) in [6.45, 7) is 1.60. The van der Waals surface area contributed by atoms with Crippen molar-refractivity contribution >= 4 is 17.4 Å². The molecule has 0 aliphatic carbocycles. The standard InChI is InChI=1S/C18H20N2O2/c1-11(21)14-10-19(2)16-8-13(14)9-18(22)20-15-6-4-3-5-12(15)7-17(16)20/h3-6,10,13,16-17H,7-9H2,1-2H3/t13-,16+,17?/m0/s1. The van der Waals surface area contributed by atoms with Crippen molar-refractivity contribution in [1.82, 2.24) is 4.90 Å². The van der Waals surface area contributed by atoms with Gasteiger partial charge in [0.15, 0.2) is 5.78 Å². The average Bonchev–Trinajstić information content (AvgIpc) is 2.82. The molecule has 4 heteroatoms. The fraction of sp³-hybridized carbons (Fsp3) is 0.444. The van der Waals surface area contributed by atoms with E-state index in [9.17, 15) is 9.59 Å². The Kier molecular flexibility index (Phi) is 2.90. The Morgan fingerprint density at radius 1 is 1.18 bits per heavy atom. The second-order valence-corrected chi connectivity index (χ2v) is 6.67. The number of carbonyl (C=O) groups excluding carboxylic acids is 2. The maximum absolute atomic E-state index is 12.8. The molecular weight excluding hydrogens is 276 g/mol. The predicted molar refractivity (Wildman–Crippen MR) is 84.5 cm³/mol. The molecule has 1 fully saturated rings. The van der Waals surface area contributed by atoms with Gasteiger partial charge >= 0.3 is 0 Å². The van der Waals surface area contributed by atoms with E-state index in [1.807, 2.05) is 36.3 Å². The van der Waals surface area contributed by atoms with Crippen LogP contribution in [0, 0.1) is 5.92 Å². The molecule has 2 bridgehead atoms. The Morgan fingerprint density at radius 2 is 1.95 bits per heavy atom. The van der Waals surface area contributed by atoms with Gasteiger partial charge in [-0.1, -0.05) is 18.2 Å². The third-order valence-electron chi connectivity index (χ3n) is 5.38. The molecule has 1 unspecified atom stereocenters. The molecule has 0 aromatic heterocycles. The van der Waals surface area contributed by atoms with Crippen LogP contribution in [0.3, 0.4) is 0 Å². The van der Waals surface area contributed by atoms with Crippen LogP contribution < -0.4 is 4.90 Å². The summed E-state index contributed by atoms with van der Waals surface area (Å²) < 4.78 is 0. The third kappa shape index (κ3) is 1.83. The highest BCUT2D eigenvalue weighted by Gasteiger charge is 2.46.